The molecule has 1 aromatic heterocycles. The molecule has 0 amide bonds. The molecule has 33 heavy (non-hydrogen) atoms. The Labute approximate surface area is 194 Å². The molecule has 0 spiro atoms. The van der Waals surface area contributed by atoms with Gasteiger partial charge in [0.05, 0.1) is 5.02 Å². The molecule has 172 valence electrons. The van der Waals surface area contributed by atoms with Gasteiger partial charge in [-0.2, -0.15) is 0 Å². The number of esters is 2. The predicted octanol–water partition coefficient (Wildman–Crippen LogP) is 3.75. The van der Waals surface area contributed by atoms with Crippen molar-refractivity contribution in [3.05, 3.63) is 57.2 Å². The van der Waals surface area contributed by atoms with Crippen LogP contribution < -0.4 is 15.5 Å². The lowest BCUT2D eigenvalue weighted by molar-refractivity contribution is -0.141. The Morgan fingerprint density at radius 2 is 1.97 bits per heavy atom. The molecular weight excluding hydrogens is 450 g/mol. The lowest BCUT2D eigenvalue weighted by Crippen LogP contribution is -2.32. The lowest BCUT2D eigenvalue weighted by Gasteiger charge is -2.23. The fourth-order valence-corrected chi connectivity index (χ4v) is 4.42. The molecule has 1 aliphatic heterocycles. The first-order chi connectivity index (χ1) is 15.8. The summed E-state index contributed by atoms with van der Waals surface area (Å²) in [7, 11) is 0. The number of fused-ring (bicyclic) bond motifs is 1. The van der Waals surface area contributed by atoms with E-state index in [1.54, 1.807) is 24.3 Å². The summed E-state index contributed by atoms with van der Waals surface area (Å²) in [5, 5.41) is 14.2. The maximum Gasteiger partial charge on any atom is 0.308 e. The van der Waals surface area contributed by atoms with Crippen LogP contribution in [0.25, 0.3) is 22.3 Å². The van der Waals surface area contributed by atoms with Crippen molar-refractivity contribution in [1.82, 2.24) is 5.32 Å². The minimum Gasteiger partial charge on any atom is -0.507 e. The second-order valence-electron chi connectivity index (χ2n) is 7.82. The highest BCUT2D eigenvalue weighted by molar-refractivity contribution is 6.33. The van der Waals surface area contributed by atoms with Gasteiger partial charge in [-0.05, 0) is 25.1 Å². The van der Waals surface area contributed by atoms with Crippen molar-refractivity contribution in [1.29, 1.82) is 0 Å². The quantitative estimate of drug-likeness (QED) is 0.427. The van der Waals surface area contributed by atoms with Crippen LogP contribution in [-0.2, 0) is 14.3 Å². The summed E-state index contributed by atoms with van der Waals surface area (Å²) in [5.41, 5.74) is 0.561. The number of rotatable bonds is 5. The summed E-state index contributed by atoms with van der Waals surface area (Å²) in [5.74, 6) is -1.43. The number of hydrogen-bond donors (Lipinski definition) is 2. The van der Waals surface area contributed by atoms with Crippen molar-refractivity contribution < 1.29 is 28.6 Å². The summed E-state index contributed by atoms with van der Waals surface area (Å²) >= 11 is 6.32. The zero-order valence-electron chi connectivity index (χ0n) is 18.0. The van der Waals surface area contributed by atoms with Gasteiger partial charge >= 0.3 is 11.9 Å². The second-order valence-corrected chi connectivity index (χ2v) is 8.23. The van der Waals surface area contributed by atoms with Crippen LogP contribution >= 0.6 is 11.6 Å². The third-order valence-corrected chi connectivity index (χ3v) is 5.89. The molecule has 2 N–H and O–H groups in total. The highest BCUT2D eigenvalue weighted by atomic mass is 35.5. The molecule has 3 aromatic rings. The first-order valence-electron chi connectivity index (χ1n) is 10.4. The Hall–Kier alpha value is -3.36. The Balaban J connectivity index is 1.98. The Morgan fingerprint density at radius 1 is 1.21 bits per heavy atom. The van der Waals surface area contributed by atoms with Gasteiger partial charge < -0.3 is 24.3 Å². The van der Waals surface area contributed by atoms with Crippen molar-refractivity contribution >= 4 is 34.5 Å². The molecule has 4 rings (SSSR count). The number of halogens is 1. The Bertz CT molecular complexity index is 1300. The topological polar surface area (TPSA) is 115 Å². The van der Waals surface area contributed by atoms with Gasteiger partial charge in [0, 0.05) is 49.1 Å². The van der Waals surface area contributed by atoms with Gasteiger partial charge in [-0.15, -0.1) is 0 Å². The van der Waals surface area contributed by atoms with E-state index in [9.17, 15) is 19.5 Å². The van der Waals surface area contributed by atoms with Crippen LogP contribution in [0.5, 0.6) is 11.5 Å². The molecule has 0 saturated carbocycles. The third kappa shape index (κ3) is 4.58. The molecule has 2 heterocycles. The van der Waals surface area contributed by atoms with Crippen LogP contribution in [0.15, 0.2) is 45.6 Å². The van der Waals surface area contributed by atoms with Crippen molar-refractivity contribution in [3.63, 3.8) is 0 Å². The van der Waals surface area contributed by atoms with Gasteiger partial charge in [-0.25, -0.2) is 0 Å². The molecule has 8 nitrogen and oxygen atoms in total. The molecule has 0 radical (unpaired) electrons. The van der Waals surface area contributed by atoms with E-state index in [4.69, 9.17) is 25.5 Å². The molecule has 1 fully saturated rings. The fraction of sp³-hybridized carbons (Fsp3) is 0.292. The predicted molar refractivity (Wildman–Crippen MR) is 122 cm³/mol. The normalized spacial score (nSPS) is 17.8. The number of benzene rings is 2. The first-order valence-corrected chi connectivity index (χ1v) is 10.8. The minimum atomic E-state index is -0.595. The molecule has 0 aliphatic carbocycles. The number of aromatic hydroxyl groups is 1. The maximum absolute atomic E-state index is 13.0. The molecule has 2 aromatic carbocycles. The smallest absolute Gasteiger partial charge is 0.308 e. The summed E-state index contributed by atoms with van der Waals surface area (Å²) in [6.07, 6.45) is 0.597. The standard InChI is InChI=1S/C24H22ClNO7/c1-12(27)31-11-17-15(7-8-26-17)22-21(32-13(2)28)10-19(30)23-18(29)9-20(33-24(22)23)14-5-3-4-6-16(14)25/h3-6,9-10,15,17,26,30H,7-8,11H2,1-2H3. The summed E-state index contributed by atoms with van der Waals surface area (Å²) in [6, 6.07) is 9.09. The average molecular weight is 472 g/mol. The molecule has 1 aliphatic rings. The van der Waals surface area contributed by atoms with Crippen LogP contribution in [0, 0.1) is 0 Å². The molecular formula is C24H22ClNO7. The van der Waals surface area contributed by atoms with E-state index in [0.717, 1.165) is 0 Å². The van der Waals surface area contributed by atoms with Gasteiger partial charge in [0.1, 0.15) is 34.8 Å². The van der Waals surface area contributed by atoms with E-state index in [0.29, 0.717) is 29.1 Å². The van der Waals surface area contributed by atoms with Crippen LogP contribution in [-0.4, -0.2) is 36.2 Å². The molecule has 0 bridgehead atoms. The number of hydrogen-bond acceptors (Lipinski definition) is 8. The summed E-state index contributed by atoms with van der Waals surface area (Å²) in [6.45, 7) is 3.24. The van der Waals surface area contributed by atoms with Gasteiger partial charge in [-0.3, -0.25) is 14.4 Å². The van der Waals surface area contributed by atoms with E-state index in [2.05, 4.69) is 5.32 Å². The fourth-order valence-electron chi connectivity index (χ4n) is 4.19. The Kier molecular flexibility index (Phi) is 6.40. The van der Waals surface area contributed by atoms with Crippen molar-refractivity contribution in [2.75, 3.05) is 13.2 Å². The first kappa shape index (κ1) is 22.8. The van der Waals surface area contributed by atoms with Crippen molar-refractivity contribution in [2.24, 2.45) is 0 Å². The second kappa shape index (κ2) is 9.25. The molecule has 1 saturated heterocycles. The SMILES string of the molecule is CC(=O)OCC1NCCC1c1c(OC(C)=O)cc(O)c2c(=O)cc(-c3ccccc3Cl)oc12. The summed E-state index contributed by atoms with van der Waals surface area (Å²) in [4.78, 5) is 36.2. The van der Waals surface area contributed by atoms with Gasteiger partial charge in [0.25, 0.3) is 0 Å². The number of phenolic OH excluding ortho intramolecular Hbond substituents is 1. The van der Waals surface area contributed by atoms with Crippen molar-refractivity contribution in [2.45, 2.75) is 32.2 Å². The highest BCUT2D eigenvalue weighted by Crippen LogP contribution is 2.43. The van der Waals surface area contributed by atoms with Crippen LogP contribution in [0.2, 0.25) is 5.02 Å². The van der Waals surface area contributed by atoms with E-state index >= 15 is 0 Å². The third-order valence-electron chi connectivity index (χ3n) is 5.56. The lowest BCUT2D eigenvalue weighted by atomic mass is 9.89. The number of carbonyl (C=O) groups is 2. The van der Waals surface area contributed by atoms with E-state index < -0.39 is 17.4 Å². The molecule has 9 heteroatoms. The zero-order chi connectivity index (χ0) is 23.7. The van der Waals surface area contributed by atoms with Crippen LogP contribution in [0.1, 0.15) is 31.7 Å². The number of phenols is 1. The molecule has 2 atom stereocenters. The van der Waals surface area contributed by atoms with Gasteiger partial charge in [0.15, 0.2) is 5.43 Å². The number of nitrogens with one attached hydrogen (secondary N) is 1. The van der Waals surface area contributed by atoms with Crippen LogP contribution in [0.3, 0.4) is 0 Å². The van der Waals surface area contributed by atoms with Gasteiger partial charge in [-0.1, -0.05) is 23.7 Å². The van der Waals surface area contributed by atoms with Gasteiger partial charge in [0.2, 0.25) is 0 Å². The average Bonchev–Trinajstić information content (AvgIpc) is 3.19. The van der Waals surface area contributed by atoms with Crippen molar-refractivity contribution in [3.8, 4) is 22.8 Å². The largest absolute Gasteiger partial charge is 0.507 e. The Morgan fingerprint density at radius 3 is 2.67 bits per heavy atom. The highest BCUT2D eigenvalue weighted by Gasteiger charge is 2.35. The zero-order valence-corrected chi connectivity index (χ0v) is 18.8. The van der Waals surface area contributed by atoms with E-state index in [1.807, 2.05) is 0 Å². The summed E-state index contributed by atoms with van der Waals surface area (Å²) < 4.78 is 16.8. The van der Waals surface area contributed by atoms with E-state index in [1.165, 1.54) is 26.0 Å². The number of ether oxygens (including phenoxy) is 2. The number of carbonyl (C=O) groups excluding carboxylic acids is 2. The van der Waals surface area contributed by atoms with E-state index in [-0.39, 0.29) is 46.8 Å². The van der Waals surface area contributed by atoms with Crippen LogP contribution in [0.4, 0.5) is 0 Å². The maximum atomic E-state index is 13.0. The molecule has 2 unspecified atom stereocenters. The monoisotopic (exact) mass is 471 g/mol. The minimum absolute atomic E-state index is 0.0326.